The molecule has 35 heavy (non-hydrogen) atoms. The highest BCUT2D eigenvalue weighted by atomic mass is 16.2. The molecule has 9 nitrogen and oxygen atoms in total. The maximum absolute atomic E-state index is 13.0. The molecular weight excluding hydrogens is 446 g/mol. The van der Waals surface area contributed by atoms with Crippen LogP contribution in [0.1, 0.15) is 44.7 Å². The zero-order valence-electron chi connectivity index (χ0n) is 19.5. The van der Waals surface area contributed by atoms with Gasteiger partial charge >= 0.3 is 0 Å². The Morgan fingerprint density at radius 1 is 0.943 bits per heavy atom. The molecule has 0 aromatic heterocycles. The van der Waals surface area contributed by atoms with Crippen LogP contribution in [0, 0.1) is 0 Å². The molecule has 3 heterocycles. The van der Waals surface area contributed by atoms with E-state index in [1.165, 1.54) is 5.56 Å². The lowest BCUT2D eigenvalue weighted by Gasteiger charge is -2.36. The zero-order chi connectivity index (χ0) is 24.4. The Hall–Kier alpha value is -3.40. The minimum absolute atomic E-state index is 0.107. The first kappa shape index (κ1) is 23.3. The van der Waals surface area contributed by atoms with Crippen molar-refractivity contribution in [3.05, 3.63) is 70.8 Å². The molecule has 5 rings (SSSR count). The van der Waals surface area contributed by atoms with Crippen molar-refractivity contribution >= 4 is 23.6 Å². The topological polar surface area (TPSA) is 111 Å². The summed E-state index contributed by atoms with van der Waals surface area (Å²) in [5.41, 5.74) is 2.80. The van der Waals surface area contributed by atoms with Crippen LogP contribution in [0.2, 0.25) is 0 Å². The van der Waals surface area contributed by atoms with Crippen LogP contribution in [-0.2, 0) is 22.7 Å². The molecule has 9 heteroatoms. The maximum atomic E-state index is 13.0. The normalized spacial score (nSPS) is 22.9. The second-order valence-corrected chi connectivity index (χ2v) is 9.27. The third kappa shape index (κ3) is 4.88. The van der Waals surface area contributed by atoms with E-state index in [0.717, 1.165) is 43.2 Å². The highest BCUT2D eigenvalue weighted by Gasteiger charge is 2.44. The summed E-state index contributed by atoms with van der Waals surface area (Å²) in [6, 6.07) is 15.1. The number of fused-ring (bicyclic) bond motifs is 1. The molecule has 3 N–H and O–H groups in total. The fraction of sp³-hybridized carbons (Fsp3) is 0.385. The maximum Gasteiger partial charge on any atom is 0.262 e. The number of hydrogen-bond acceptors (Lipinski definition) is 7. The number of piperazine rings is 1. The van der Waals surface area contributed by atoms with Gasteiger partial charge in [-0.25, -0.2) is 0 Å². The van der Waals surface area contributed by atoms with E-state index in [9.17, 15) is 19.2 Å². The van der Waals surface area contributed by atoms with Crippen molar-refractivity contribution in [2.45, 2.75) is 38.0 Å². The third-order valence-electron chi connectivity index (χ3n) is 6.91. The molecule has 2 fully saturated rings. The van der Waals surface area contributed by atoms with Gasteiger partial charge in [-0.3, -0.25) is 34.3 Å². The number of rotatable bonds is 7. The summed E-state index contributed by atoms with van der Waals surface area (Å²) in [6.45, 7) is 5.09. The molecule has 2 aromatic carbocycles. The molecule has 2 unspecified atom stereocenters. The van der Waals surface area contributed by atoms with Gasteiger partial charge in [0, 0.05) is 51.7 Å². The van der Waals surface area contributed by atoms with Gasteiger partial charge in [0.15, 0.2) is 0 Å². The minimum Gasteiger partial charge on any atom is -0.314 e. The molecule has 0 radical (unpaired) electrons. The first-order valence-electron chi connectivity index (χ1n) is 12.0. The molecule has 2 atom stereocenters. The lowest BCUT2D eigenvalue weighted by atomic mass is 10.0. The van der Waals surface area contributed by atoms with E-state index in [1.54, 1.807) is 12.1 Å². The number of piperidine rings is 1. The zero-order valence-corrected chi connectivity index (χ0v) is 19.5. The van der Waals surface area contributed by atoms with E-state index in [4.69, 9.17) is 0 Å². The number of carbonyl (C=O) groups excluding carboxylic acids is 4. The van der Waals surface area contributed by atoms with Crippen LogP contribution in [0.15, 0.2) is 48.5 Å². The Kier molecular flexibility index (Phi) is 6.72. The van der Waals surface area contributed by atoms with Crippen LogP contribution in [0.3, 0.4) is 0 Å². The first-order valence-corrected chi connectivity index (χ1v) is 12.0. The number of benzene rings is 2. The monoisotopic (exact) mass is 475 g/mol. The second kappa shape index (κ2) is 10.1. The minimum atomic E-state index is -0.948. The summed E-state index contributed by atoms with van der Waals surface area (Å²) in [6.07, 6.45) is 0.260. The van der Waals surface area contributed by atoms with Gasteiger partial charge in [-0.2, -0.15) is 0 Å². The van der Waals surface area contributed by atoms with E-state index in [1.807, 2.05) is 12.1 Å². The Balaban J connectivity index is 1.21. The Morgan fingerprint density at radius 3 is 2.54 bits per heavy atom. The van der Waals surface area contributed by atoms with Crippen LogP contribution >= 0.6 is 0 Å². The molecule has 3 aliphatic rings. The van der Waals surface area contributed by atoms with Gasteiger partial charge in [0.2, 0.25) is 11.8 Å². The summed E-state index contributed by atoms with van der Waals surface area (Å²) >= 11 is 0. The van der Waals surface area contributed by atoms with Gasteiger partial charge < -0.3 is 10.6 Å². The van der Waals surface area contributed by atoms with E-state index in [2.05, 4.69) is 45.1 Å². The molecule has 0 spiro atoms. The highest BCUT2D eigenvalue weighted by molar-refractivity contribution is 6.23. The number of imide groups is 2. The molecule has 4 amide bonds. The number of nitrogens with zero attached hydrogens (tertiary/aromatic N) is 2. The van der Waals surface area contributed by atoms with E-state index < -0.39 is 23.8 Å². The molecule has 2 saturated heterocycles. The van der Waals surface area contributed by atoms with Crippen LogP contribution in [0.5, 0.6) is 0 Å². The Bertz CT molecular complexity index is 1150. The lowest BCUT2D eigenvalue weighted by Crippen LogP contribution is -2.54. The SMILES string of the molecule is O=C1CCC(N2C(=O)c3ccc(CNCC4CNCCN4Cc4ccccc4)cc3C2=O)C(=O)N1. The van der Waals surface area contributed by atoms with E-state index >= 15 is 0 Å². The van der Waals surface area contributed by atoms with Crippen LogP contribution < -0.4 is 16.0 Å². The van der Waals surface area contributed by atoms with Gasteiger partial charge in [-0.1, -0.05) is 36.4 Å². The van der Waals surface area contributed by atoms with Crippen molar-refractivity contribution in [3.63, 3.8) is 0 Å². The number of nitrogens with one attached hydrogen (secondary N) is 3. The number of carbonyl (C=O) groups is 4. The average Bonchev–Trinajstić information content (AvgIpc) is 3.10. The van der Waals surface area contributed by atoms with Crippen molar-refractivity contribution in [1.29, 1.82) is 0 Å². The average molecular weight is 476 g/mol. The summed E-state index contributed by atoms with van der Waals surface area (Å²) in [7, 11) is 0. The third-order valence-corrected chi connectivity index (χ3v) is 6.91. The van der Waals surface area contributed by atoms with Crippen LogP contribution in [0.4, 0.5) is 0 Å². The predicted octanol–water partition coefficient (Wildman–Crippen LogP) is 0.651. The molecule has 0 aliphatic carbocycles. The molecule has 182 valence electrons. The van der Waals surface area contributed by atoms with Crippen LogP contribution in [0.25, 0.3) is 0 Å². The first-order chi connectivity index (χ1) is 17.0. The van der Waals surface area contributed by atoms with Crippen molar-refractivity contribution < 1.29 is 19.2 Å². The van der Waals surface area contributed by atoms with Crippen molar-refractivity contribution in [2.75, 3.05) is 26.2 Å². The Morgan fingerprint density at radius 2 is 1.74 bits per heavy atom. The van der Waals surface area contributed by atoms with E-state index in [-0.39, 0.29) is 18.7 Å². The number of amides is 4. The lowest BCUT2D eigenvalue weighted by molar-refractivity contribution is -0.136. The Labute approximate surface area is 203 Å². The number of hydrogen-bond donors (Lipinski definition) is 3. The fourth-order valence-corrected chi connectivity index (χ4v) is 5.04. The van der Waals surface area contributed by atoms with Gasteiger partial charge in [-0.05, 0) is 29.7 Å². The van der Waals surface area contributed by atoms with Crippen LogP contribution in [-0.4, -0.2) is 71.7 Å². The molecule has 0 saturated carbocycles. The summed E-state index contributed by atoms with van der Waals surface area (Å²) in [5.74, 6) is -1.94. The molecule has 2 aromatic rings. The standard InChI is InChI=1S/C26H29N5O4/c32-23-9-8-22(24(33)29-23)31-25(34)20-7-6-18(12-21(20)26(31)35)13-28-15-19-14-27-10-11-30(19)16-17-4-2-1-3-5-17/h1-7,12,19,22,27-28H,8-11,13-16H2,(H,29,32,33). The van der Waals surface area contributed by atoms with Gasteiger partial charge in [-0.15, -0.1) is 0 Å². The van der Waals surface area contributed by atoms with Gasteiger partial charge in [0.1, 0.15) is 6.04 Å². The molecule has 3 aliphatic heterocycles. The second-order valence-electron chi connectivity index (χ2n) is 9.27. The fourth-order valence-electron chi connectivity index (χ4n) is 5.04. The smallest absolute Gasteiger partial charge is 0.262 e. The summed E-state index contributed by atoms with van der Waals surface area (Å²) in [5, 5.41) is 9.18. The quantitative estimate of drug-likeness (QED) is 0.505. The summed E-state index contributed by atoms with van der Waals surface area (Å²) in [4.78, 5) is 53.1. The van der Waals surface area contributed by atoms with Crippen molar-refractivity contribution in [1.82, 2.24) is 25.8 Å². The largest absolute Gasteiger partial charge is 0.314 e. The predicted molar refractivity (Wildman–Crippen MR) is 128 cm³/mol. The summed E-state index contributed by atoms with van der Waals surface area (Å²) < 4.78 is 0. The highest BCUT2D eigenvalue weighted by Crippen LogP contribution is 2.28. The molecule has 0 bridgehead atoms. The van der Waals surface area contributed by atoms with Gasteiger partial charge in [0.05, 0.1) is 11.1 Å². The van der Waals surface area contributed by atoms with E-state index in [0.29, 0.717) is 23.7 Å². The molecular formula is C26H29N5O4. The van der Waals surface area contributed by atoms with Crippen molar-refractivity contribution in [2.24, 2.45) is 0 Å². The van der Waals surface area contributed by atoms with Crippen molar-refractivity contribution in [3.8, 4) is 0 Å². The van der Waals surface area contributed by atoms with Gasteiger partial charge in [0.25, 0.3) is 11.8 Å².